The number of aromatic nitrogens is 3. The molecule has 0 fully saturated rings. The summed E-state index contributed by atoms with van der Waals surface area (Å²) < 4.78 is 1.70. The van der Waals surface area contributed by atoms with Gasteiger partial charge in [-0.05, 0) is 38.0 Å². The van der Waals surface area contributed by atoms with Crippen molar-refractivity contribution in [3.05, 3.63) is 53.9 Å². The number of aliphatic hydroxyl groups is 1. The Hall–Kier alpha value is -2.73. The monoisotopic (exact) mass is 352 g/mol. The fourth-order valence-electron chi connectivity index (χ4n) is 2.92. The van der Waals surface area contributed by atoms with Crippen LogP contribution in [0.25, 0.3) is 16.7 Å². The highest BCUT2D eigenvalue weighted by atomic mass is 16.2. The van der Waals surface area contributed by atoms with Crippen LogP contribution in [0.5, 0.6) is 0 Å². The number of carbonyl (C=O) groups excluding carboxylic acids is 1. The Morgan fingerprint density at radius 3 is 2.77 bits per heavy atom. The predicted molar refractivity (Wildman–Crippen MR) is 101 cm³/mol. The van der Waals surface area contributed by atoms with Crippen LogP contribution in [-0.2, 0) is 0 Å². The normalized spacial score (nSPS) is 11.0. The third-order valence-corrected chi connectivity index (χ3v) is 4.43. The van der Waals surface area contributed by atoms with E-state index in [0.29, 0.717) is 17.9 Å². The Balaban J connectivity index is 1.67. The first kappa shape index (κ1) is 18.1. The summed E-state index contributed by atoms with van der Waals surface area (Å²) in [7, 11) is 0. The summed E-state index contributed by atoms with van der Waals surface area (Å²) >= 11 is 0. The maximum absolute atomic E-state index is 12.4. The molecule has 3 aromatic rings. The molecule has 0 unspecified atom stereocenters. The van der Waals surface area contributed by atoms with E-state index in [2.05, 4.69) is 15.4 Å². The second-order valence-electron chi connectivity index (χ2n) is 6.31. The van der Waals surface area contributed by atoms with Gasteiger partial charge in [-0.15, -0.1) is 0 Å². The highest BCUT2D eigenvalue weighted by molar-refractivity contribution is 5.95. The molecule has 1 aromatic carbocycles. The van der Waals surface area contributed by atoms with Crippen molar-refractivity contribution in [1.82, 2.24) is 20.1 Å². The fraction of sp³-hybridized carbons (Fsp3) is 0.350. The number of unbranched alkanes of at least 4 members (excludes halogenated alkanes) is 3. The van der Waals surface area contributed by atoms with Gasteiger partial charge >= 0.3 is 0 Å². The Kier molecular flexibility index (Phi) is 5.96. The van der Waals surface area contributed by atoms with Gasteiger partial charge in [0.15, 0.2) is 5.82 Å². The van der Waals surface area contributed by atoms with E-state index in [1.54, 1.807) is 10.9 Å². The first-order chi connectivity index (χ1) is 12.7. The van der Waals surface area contributed by atoms with Crippen LogP contribution in [0.15, 0.2) is 42.6 Å². The lowest BCUT2D eigenvalue weighted by atomic mass is 10.2. The van der Waals surface area contributed by atoms with Gasteiger partial charge in [0.1, 0.15) is 0 Å². The first-order valence-corrected chi connectivity index (χ1v) is 9.00. The van der Waals surface area contributed by atoms with Crippen LogP contribution in [-0.4, -0.2) is 38.9 Å². The molecule has 2 heterocycles. The Morgan fingerprint density at radius 1 is 1.12 bits per heavy atom. The van der Waals surface area contributed by atoms with Crippen molar-refractivity contribution < 1.29 is 9.90 Å². The maximum Gasteiger partial charge on any atom is 0.254 e. The number of fused-ring (bicyclic) bond motifs is 1. The predicted octanol–water partition coefficient (Wildman–Crippen LogP) is 3.01. The molecule has 0 saturated carbocycles. The number of amides is 1. The Morgan fingerprint density at radius 2 is 1.92 bits per heavy atom. The third kappa shape index (κ3) is 4.08. The van der Waals surface area contributed by atoms with Crippen molar-refractivity contribution in [2.45, 2.75) is 32.6 Å². The van der Waals surface area contributed by atoms with Gasteiger partial charge < -0.3 is 10.4 Å². The number of carbonyl (C=O) groups is 1. The van der Waals surface area contributed by atoms with E-state index in [4.69, 9.17) is 5.11 Å². The number of benzene rings is 1. The first-order valence-electron chi connectivity index (χ1n) is 9.00. The highest BCUT2D eigenvalue weighted by Gasteiger charge is 2.15. The summed E-state index contributed by atoms with van der Waals surface area (Å²) in [6.07, 6.45) is 5.30. The standard InChI is InChI=1S/C20H24N4O2/c1-15-17(20(26)21-12-6-2-3-7-13-25)14-22-24(15)19-11-10-16-8-4-5-9-18(16)23-19/h4-5,8-11,14,25H,2-3,6-7,12-13H2,1H3,(H,21,26). The number of aliphatic hydroxyl groups excluding tert-OH is 1. The van der Waals surface area contributed by atoms with E-state index in [1.165, 1.54) is 0 Å². The van der Waals surface area contributed by atoms with Crippen molar-refractivity contribution in [2.24, 2.45) is 0 Å². The van der Waals surface area contributed by atoms with Crippen molar-refractivity contribution in [3.63, 3.8) is 0 Å². The average Bonchev–Trinajstić information content (AvgIpc) is 3.05. The molecule has 6 nitrogen and oxygen atoms in total. The van der Waals surface area contributed by atoms with Crippen molar-refractivity contribution in [3.8, 4) is 5.82 Å². The van der Waals surface area contributed by atoms with E-state index < -0.39 is 0 Å². The van der Waals surface area contributed by atoms with Crippen molar-refractivity contribution in [1.29, 1.82) is 0 Å². The summed E-state index contributed by atoms with van der Waals surface area (Å²) in [5.74, 6) is 0.584. The van der Waals surface area contributed by atoms with Crippen LogP contribution in [0.4, 0.5) is 0 Å². The summed E-state index contributed by atoms with van der Waals surface area (Å²) in [4.78, 5) is 17.0. The molecule has 6 heteroatoms. The van der Waals surface area contributed by atoms with Gasteiger partial charge in [0.2, 0.25) is 0 Å². The van der Waals surface area contributed by atoms with Crippen molar-refractivity contribution in [2.75, 3.05) is 13.2 Å². The summed E-state index contributed by atoms with van der Waals surface area (Å²) in [6, 6.07) is 11.8. The SMILES string of the molecule is Cc1c(C(=O)NCCCCCCO)cnn1-c1ccc2ccccc2n1. The minimum Gasteiger partial charge on any atom is -0.396 e. The maximum atomic E-state index is 12.4. The van der Waals surface area contributed by atoms with E-state index in [0.717, 1.165) is 42.3 Å². The van der Waals surface area contributed by atoms with Crippen LogP contribution in [0.1, 0.15) is 41.7 Å². The molecule has 0 saturated heterocycles. The molecule has 0 bridgehead atoms. The number of hydrogen-bond donors (Lipinski definition) is 2. The number of rotatable bonds is 8. The molecule has 0 atom stereocenters. The quantitative estimate of drug-likeness (QED) is 0.611. The Bertz CT molecular complexity index is 888. The van der Waals surface area contributed by atoms with Crippen LogP contribution in [0, 0.1) is 6.92 Å². The van der Waals surface area contributed by atoms with Gasteiger partial charge in [0, 0.05) is 18.5 Å². The van der Waals surface area contributed by atoms with Gasteiger partial charge in [-0.25, -0.2) is 9.67 Å². The lowest BCUT2D eigenvalue weighted by Crippen LogP contribution is -2.25. The highest BCUT2D eigenvalue weighted by Crippen LogP contribution is 2.17. The number of hydrogen-bond acceptors (Lipinski definition) is 4. The molecule has 1 amide bonds. The molecule has 136 valence electrons. The van der Waals surface area contributed by atoms with Gasteiger partial charge in [-0.3, -0.25) is 4.79 Å². The molecule has 2 aromatic heterocycles. The second-order valence-corrected chi connectivity index (χ2v) is 6.31. The smallest absolute Gasteiger partial charge is 0.254 e. The van der Waals surface area contributed by atoms with Crippen molar-refractivity contribution >= 4 is 16.8 Å². The fourth-order valence-corrected chi connectivity index (χ4v) is 2.92. The van der Waals surface area contributed by atoms with Gasteiger partial charge in [-0.2, -0.15) is 5.10 Å². The van der Waals surface area contributed by atoms with Gasteiger partial charge in [0.25, 0.3) is 5.91 Å². The third-order valence-electron chi connectivity index (χ3n) is 4.43. The second kappa shape index (κ2) is 8.58. The summed E-state index contributed by atoms with van der Waals surface area (Å²) in [6.45, 7) is 2.73. The zero-order chi connectivity index (χ0) is 18.4. The lowest BCUT2D eigenvalue weighted by Gasteiger charge is -2.07. The number of nitrogens with zero attached hydrogens (tertiary/aromatic N) is 3. The molecule has 0 aliphatic heterocycles. The minimum absolute atomic E-state index is 0.114. The molecule has 26 heavy (non-hydrogen) atoms. The van der Waals surface area contributed by atoms with Crippen LogP contribution < -0.4 is 5.32 Å². The van der Waals surface area contributed by atoms with Crippen LogP contribution in [0.2, 0.25) is 0 Å². The lowest BCUT2D eigenvalue weighted by molar-refractivity contribution is 0.0952. The number of nitrogens with one attached hydrogen (secondary N) is 1. The number of pyridine rings is 1. The Labute approximate surface area is 152 Å². The zero-order valence-corrected chi connectivity index (χ0v) is 15.0. The molecule has 0 aliphatic carbocycles. The molecule has 3 rings (SSSR count). The zero-order valence-electron chi connectivity index (χ0n) is 15.0. The molecule has 2 N–H and O–H groups in total. The van der Waals surface area contributed by atoms with E-state index in [-0.39, 0.29) is 12.5 Å². The minimum atomic E-state index is -0.114. The van der Waals surface area contributed by atoms with Gasteiger partial charge in [0.05, 0.1) is 23.0 Å². The molecule has 0 radical (unpaired) electrons. The summed E-state index contributed by atoms with van der Waals surface area (Å²) in [5.41, 5.74) is 2.23. The number of para-hydroxylation sites is 1. The molecular weight excluding hydrogens is 328 g/mol. The average molecular weight is 352 g/mol. The van der Waals surface area contributed by atoms with Gasteiger partial charge in [-0.1, -0.05) is 31.0 Å². The van der Waals surface area contributed by atoms with Crippen LogP contribution >= 0.6 is 0 Å². The molecular formula is C20H24N4O2. The van der Waals surface area contributed by atoms with Crippen LogP contribution in [0.3, 0.4) is 0 Å². The van der Waals surface area contributed by atoms with E-state index in [9.17, 15) is 4.79 Å². The largest absolute Gasteiger partial charge is 0.396 e. The van der Waals surface area contributed by atoms with E-state index >= 15 is 0 Å². The molecule has 0 aliphatic rings. The molecule has 0 spiro atoms. The topological polar surface area (TPSA) is 80.0 Å². The van der Waals surface area contributed by atoms with E-state index in [1.807, 2.05) is 43.3 Å². The summed E-state index contributed by atoms with van der Waals surface area (Å²) in [5, 5.41) is 17.1.